The molecular weight excluding hydrogens is 335 g/mol. The molecule has 1 aliphatic heterocycles. The van der Waals surface area contributed by atoms with Crippen LogP contribution in [0.25, 0.3) is 0 Å². The summed E-state index contributed by atoms with van der Waals surface area (Å²) < 4.78 is 131. The van der Waals surface area contributed by atoms with E-state index in [0.717, 1.165) is 0 Å². The van der Waals surface area contributed by atoms with E-state index in [0.29, 0.717) is 0 Å². The van der Waals surface area contributed by atoms with Gasteiger partial charge in [0.25, 0.3) is 17.5 Å². The van der Waals surface area contributed by atoms with Crippen molar-refractivity contribution in [3.05, 3.63) is 0 Å². The quantitative estimate of drug-likeness (QED) is 0.614. The van der Waals surface area contributed by atoms with Crippen molar-refractivity contribution in [1.29, 1.82) is 0 Å². The lowest BCUT2D eigenvalue weighted by Gasteiger charge is -2.52. The van der Waals surface area contributed by atoms with Gasteiger partial charge in [-0.25, -0.2) is 13.2 Å². The summed E-state index contributed by atoms with van der Waals surface area (Å²) in [5.74, 6) is -29.8. The minimum absolute atomic E-state index is 0.0293. The SMILES string of the molecule is CC1(F)CC(F)(F)C(F)(F)C(F)(F)C12OC(C)(F)C(C)(F)O2. The lowest BCUT2D eigenvalue weighted by atomic mass is 9.74. The first-order valence-corrected chi connectivity index (χ1v) is 5.97. The molecule has 1 heterocycles. The Kier molecular flexibility index (Phi) is 3.09. The van der Waals surface area contributed by atoms with E-state index >= 15 is 0 Å². The van der Waals surface area contributed by atoms with Crippen molar-refractivity contribution in [3.63, 3.8) is 0 Å². The summed E-state index contributed by atoms with van der Waals surface area (Å²) >= 11 is 0. The molecule has 1 saturated heterocycles. The Morgan fingerprint density at radius 1 is 0.636 bits per heavy atom. The Balaban J connectivity index is 2.70. The maximum atomic E-state index is 14.4. The van der Waals surface area contributed by atoms with Crippen LogP contribution < -0.4 is 0 Å². The van der Waals surface area contributed by atoms with Gasteiger partial charge >= 0.3 is 17.8 Å². The van der Waals surface area contributed by atoms with E-state index in [1.54, 1.807) is 0 Å². The van der Waals surface area contributed by atoms with Gasteiger partial charge in [-0.2, -0.15) is 26.3 Å². The standard InChI is InChI=1S/C11H11F9O2/c1-5(12)4-8(15,16)9(17,18)10(19,20)11(5)21-6(2,13)7(3,14)22-11/h4H2,1-3H3. The molecule has 1 aliphatic carbocycles. The highest BCUT2D eigenvalue weighted by atomic mass is 19.3. The predicted octanol–water partition coefficient (Wildman–Crippen LogP) is 4.14. The van der Waals surface area contributed by atoms with Crippen LogP contribution in [0.15, 0.2) is 0 Å². The van der Waals surface area contributed by atoms with Crippen molar-refractivity contribution < 1.29 is 49.0 Å². The van der Waals surface area contributed by atoms with Crippen molar-refractivity contribution in [1.82, 2.24) is 0 Å². The first-order valence-electron chi connectivity index (χ1n) is 5.97. The second kappa shape index (κ2) is 3.85. The molecule has 2 rings (SSSR count). The zero-order chi connectivity index (χ0) is 17.6. The second-order valence-corrected chi connectivity index (χ2v) is 5.88. The third-order valence-electron chi connectivity index (χ3n) is 3.98. The average molecular weight is 346 g/mol. The average Bonchev–Trinajstić information content (AvgIpc) is 2.43. The van der Waals surface area contributed by atoms with E-state index in [1.165, 1.54) is 0 Å². The molecule has 1 saturated carbocycles. The van der Waals surface area contributed by atoms with Crippen LogP contribution in [0.1, 0.15) is 27.2 Å². The molecule has 130 valence electrons. The molecule has 0 aromatic heterocycles. The van der Waals surface area contributed by atoms with Crippen LogP contribution in [0.3, 0.4) is 0 Å². The van der Waals surface area contributed by atoms with Gasteiger partial charge in [0.1, 0.15) is 0 Å². The normalized spacial score (nSPS) is 52.9. The first kappa shape index (κ1) is 17.6. The van der Waals surface area contributed by atoms with Crippen LogP contribution >= 0.6 is 0 Å². The highest BCUT2D eigenvalue weighted by molar-refractivity contribution is 5.21. The van der Waals surface area contributed by atoms with E-state index < -0.39 is 47.4 Å². The van der Waals surface area contributed by atoms with Crippen LogP contribution in [0.5, 0.6) is 0 Å². The lowest BCUT2D eigenvalue weighted by Crippen LogP contribution is -2.78. The molecule has 0 aromatic carbocycles. The number of halogens is 9. The largest absolute Gasteiger partial charge is 0.377 e. The molecule has 3 unspecified atom stereocenters. The summed E-state index contributed by atoms with van der Waals surface area (Å²) in [5, 5.41) is 0. The van der Waals surface area contributed by atoms with Gasteiger partial charge in [-0.05, 0) is 6.92 Å². The third-order valence-corrected chi connectivity index (χ3v) is 3.98. The van der Waals surface area contributed by atoms with E-state index in [9.17, 15) is 39.5 Å². The summed E-state index contributed by atoms with van der Waals surface area (Å²) in [5.41, 5.74) is -4.02. The molecule has 0 N–H and O–H groups in total. The van der Waals surface area contributed by atoms with Crippen molar-refractivity contribution in [2.75, 3.05) is 0 Å². The third kappa shape index (κ3) is 1.66. The molecule has 0 amide bonds. The first-order chi connectivity index (χ1) is 9.37. The van der Waals surface area contributed by atoms with Gasteiger partial charge in [0.2, 0.25) is 0 Å². The van der Waals surface area contributed by atoms with Crippen molar-refractivity contribution in [2.24, 2.45) is 0 Å². The summed E-state index contributed by atoms with van der Waals surface area (Å²) in [6, 6.07) is 0. The van der Waals surface area contributed by atoms with Crippen LogP contribution in [-0.4, -0.2) is 40.9 Å². The highest BCUT2D eigenvalue weighted by Gasteiger charge is 2.93. The van der Waals surface area contributed by atoms with Crippen molar-refractivity contribution >= 4 is 0 Å². The zero-order valence-electron chi connectivity index (χ0n) is 11.4. The Hall–Kier alpha value is -0.710. The molecule has 0 aromatic rings. The van der Waals surface area contributed by atoms with E-state index in [2.05, 4.69) is 9.47 Å². The highest BCUT2D eigenvalue weighted by Crippen LogP contribution is 2.68. The minimum atomic E-state index is -6.15. The molecule has 0 bridgehead atoms. The number of ether oxygens (including phenoxy) is 2. The van der Waals surface area contributed by atoms with E-state index in [4.69, 9.17) is 0 Å². The number of hydrogen-bond donors (Lipinski definition) is 0. The summed E-state index contributed by atoms with van der Waals surface area (Å²) in [6.45, 7) is 0.416. The number of hydrogen-bond acceptors (Lipinski definition) is 2. The smallest absolute Gasteiger partial charge is 0.300 e. The monoisotopic (exact) mass is 346 g/mol. The molecule has 2 nitrogen and oxygen atoms in total. The van der Waals surface area contributed by atoms with Crippen LogP contribution in [-0.2, 0) is 9.47 Å². The molecule has 2 fully saturated rings. The number of rotatable bonds is 0. The maximum Gasteiger partial charge on any atom is 0.377 e. The molecule has 3 atom stereocenters. The number of alkyl halides is 9. The fourth-order valence-electron chi connectivity index (χ4n) is 2.49. The van der Waals surface area contributed by atoms with Crippen LogP contribution in [0.4, 0.5) is 39.5 Å². The van der Waals surface area contributed by atoms with Gasteiger partial charge < -0.3 is 0 Å². The Morgan fingerprint density at radius 3 is 1.36 bits per heavy atom. The molecule has 11 heteroatoms. The van der Waals surface area contributed by atoms with Gasteiger partial charge in [0.05, 0.1) is 6.42 Å². The van der Waals surface area contributed by atoms with Crippen LogP contribution in [0, 0.1) is 0 Å². The van der Waals surface area contributed by atoms with Gasteiger partial charge in [-0.15, -0.1) is 0 Å². The molecular formula is C11H11F9O2. The van der Waals surface area contributed by atoms with Gasteiger partial charge in [0.15, 0.2) is 5.67 Å². The van der Waals surface area contributed by atoms with Gasteiger partial charge in [-0.1, -0.05) is 0 Å². The van der Waals surface area contributed by atoms with Crippen molar-refractivity contribution in [2.45, 2.75) is 68.1 Å². The summed E-state index contributed by atoms with van der Waals surface area (Å²) in [7, 11) is 0. The Morgan fingerprint density at radius 2 is 1.00 bits per heavy atom. The zero-order valence-corrected chi connectivity index (χ0v) is 11.4. The second-order valence-electron chi connectivity index (χ2n) is 5.88. The minimum Gasteiger partial charge on any atom is -0.300 e. The topological polar surface area (TPSA) is 18.5 Å². The van der Waals surface area contributed by atoms with E-state index in [1.807, 2.05) is 0 Å². The predicted molar refractivity (Wildman–Crippen MR) is 52.9 cm³/mol. The summed E-state index contributed by atoms with van der Waals surface area (Å²) in [6.07, 6.45) is -2.48. The van der Waals surface area contributed by atoms with Crippen LogP contribution in [0.2, 0.25) is 0 Å². The van der Waals surface area contributed by atoms with Gasteiger partial charge in [0, 0.05) is 13.8 Å². The Labute approximate surface area is 118 Å². The maximum absolute atomic E-state index is 14.4. The van der Waals surface area contributed by atoms with Crippen molar-refractivity contribution in [3.8, 4) is 0 Å². The lowest BCUT2D eigenvalue weighted by molar-refractivity contribution is -0.468. The molecule has 22 heavy (non-hydrogen) atoms. The fraction of sp³-hybridized carbons (Fsp3) is 1.00. The van der Waals surface area contributed by atoms with Gasteiger partial charge in [-0.3, -0.25) is 9.47 Å². The molecule has 0 radical (unpaired) electrons. The summed E-state index contributed by atoms with van der Waals surface area (Å²) in [4.78, 5) is 0. The fourth-order valence-corrected chi connectivity index (χ4v) is 2.49. The molecule has 1 spiro atoms. The molecule has 2 aliphatic rings. The Bertz CT molecular complexity index is 482. The van der Waals surface area contributed by atoms with E-state index in [-0.39, 0.29) is 20.8 Å².